The van der Waals surface area contributed by atoms with Gasteiger partial charge in [-0.05, 0) is 53.2 Å². The maximum atomic E-state index is 12.0. The highest BCUT2D eigenvalue weighted by molar-refractivity contribution is 5.91. The van der Waals surface area contributed by atoms with Crippen LogP contribution in [-0.2, 0) is 33.3 Å². The topological polar surface area (TPSA) is 105 Å². The highest BCUT2D eigenvalue weighted by atomic mass is 16.6. The molecule has 0 aliphatic rings. The fourth-order valence-corrected chi connectivity index (χ4v) is 2.07. The summed E-state index contributed by atoms with van der Waals surface area (Å²) in [5.74, 6) is -2.69. The Kier molecular flexibility index (Phi) is 9.31. The summed E-state index contributed by atoms with van der Waals surface area (Å²) in [7, 11) is 0. The molecule has 8 heteroatoms. The molecule has 1 aromatic rings. The Morgan fingerprint density at radius 3 is 2.07 bits per heavy atom. The second-order valence-corrected chi connectivity index (χ2v) is 7.35. The first-order valence-electron chi connectivity index (χ1n) is 9.34. The fraction of sp³-hybridized carbons (Fsp3) is 0.524. The molecule has 2 atom stereocenters. The Morgan fingerprint density at radius 2 is 1.48 bits per heavy atom. The maximum absolute atomic E-state index is 12.0. The van der Waals surface area contributed by atoms with Crippen LogP contribution in [0.1, 0.15) is 57.8 Å². The molecule has 29 heavy (non-hydrogen) atoms. The molecule has 0 spiro atoms. The zero-order chi connectivity index (χ0) is 22.0. The van der Waals surface area contributed by atoms with E-state index in [4.69, 9.17) is 18.9 Å². The van der Waals surface area contributed by atoms with E-state index in [0.29, 0.717) is 5.56 Å². The number of ether oxygens (including phenoxy) is 4. The number of esters is 4. The van der Waals surface area contributed by atoms with Crippen molar-refractivity contribution in [2.75, 3.05) is 6.61 Å². The average Bonchev–Trinajstić information content (AvgIpc) is 2.64. The summed E-state index contributed by atoms with van der Waals surface area (Å²) in [5.41, 5.74) is -0.276. The summed E-state index contributed by atoms with van der Waals surface area (Å²) in [6.45, 7) is 7.97. The van der Waals surface area contributed by atoms with Crippen molar-refractivity contribution >= 4 is 23.9 Å². The molecular weight excluding hydrogens is 380 g/mol. The summed E-state index contributed by atoms with van der Waals surface area (Å²) in [5, 5.41) is 0. The summed E-state index contributed by atoms with van der Waals surface area (Å²) in [6, 6.07) is 8.19. The van der Waals surface area contributed by atoms with Crippen LogP contribution in [0.25, 0.3) is 0 Å². The van der Waals surface area contributed by atoms with Gasteiger partial charge in [-0.15, -0.1) is 0 Å². The molecule has 0 radical (unpaired) electrons. The van der Waals surface area contributed by atoms with Crippen LogP contribution in [0.2, 0.25) is 0 Å². The third-order valence-corrected chi connectivity index (χ3v) is 3.44. The monoisotopic (exact) mass is 408 g/mol. The zero-order valence-corrected chi connectivity index (χ0v) is 17.4. The molecule has 0 fully saturated rings. The molecule has 0 aliphatic heterocycles. The lowest BCUT2D eigenvalue weighted by Gasteiger charge is -2.19. The second-order valence-electron chi connectivity index (χ2n) is 7.35. The summed E-state index contributed by atoms with van der Waals surface area (Å²) >= 11 is 0. The number of rotatable bonds is 9. The van der Waals surface area contributed by atoms with Crippen LogP contribution in [0.5, 0.6) is 0 Å². The van der Waals surface area contributed by atoms with E-state index in [0.717, 1.165) is 0 Å². The van der Waals surface area contributed by atoms with Crippen molar-refractivity contribution in [1.29, 1.82) is 0 Å². The van der Waals surface area contributed by atoms with E-state index in [2.05, 4.69) is 0 Å². The van der Waals surface area contributed by atoms with E-state index >= 15 is 0 Å². The van der Waals surface area contributed by atoms with Crippen molar-refractivity contribution in [2.45, 2.75) is 65.3 Å². The minimum atomic E-state index is -1.19. The molecule has 0 N–H and O–H groups in total. The molecule has 1 aromatic carbocycles. The quantitative estimate of drug-likeness (QED) is 0.349. The van der Waals surface area contributed by atoms with E-state index in [1.165, 1.54) is 13.8 Å². The van der Waals surface area contributed by atoms with E-state index in [-0.39, 0.29) is 25.4 Å². The van der Waals surface area contributed by atoms with Gasteiger partial charge in [-0.3, -0.25) is 4.79 Å². The van der Waals surface area contributed by atoms with Gasteiger partial charge in [0.25, 0.3) is 0 Å². The van der Waals surface area contributed by atoms with Gasteiger partial charge in [-0.25, -0.2) is 14.4 Å². The number of hydrogen-bond acceptors (Lipinski definition) is 8. The Bertz CT molecular complexity index is 705. The average molecular weight is 408 g/mol. The van der Waals surface area contributed by atoms with Crippen molar-refractivity contribution in [3.63, 3.8) is 0 Å². The van der Waals surface area contributed by atoms with Gasteiger partial charge >= 0.3 is 23.9 Å². The van der Waals surface area contributed by atoms with Crippen LogP contribution >= 0.6 is 0 Å². The molecule has 0 aromatic heterocycles. The molecule has 0 saturated heterocycles. The maximum Gasteiger partial charge on any atom is 0.348 e. The van der Waals surface area contributed by atoms with Crippen molar-refractivity contribution in [1.82, 2.24) is 0 Å². The van der Waals surface area contributed by atoms with Crippen LogP contribution < -0.4 is 0 Å². The Labute approximate surface area is 170 Å². The van der Waals surface area contributed by atoms with Crippen molar-refractivity contribution in [3.05, 3.63) is 35.9 Å². The molecule has 0 amide bonds. The lowest BCUT2D eigenvalue weighted by Crippen LogP contribution is -2.33. The molecule has 160 valence electrons. The largest absolute Gasteiger partial charge is 0.463 e. The first-order valence-corrected chi connectivity index (χ1v) is 9.34. The Morgan fingerprint density at radius 1 is 0.897 bits per heavy atom. The third kappa shape index (κ3) is 9.73. The predicted molar refractivity (Wildman–Crippen MR) is 103 cm³/mol. The highest BCUT2D eigenvalue weighted by Crippen LogP contribution is 2.10. The van der Waals surface area contributed by atoms with Gasteiger partial charge in [0, 0.05) is 6.42 Å². The molecular formula is C21H28O8. The summed E-state index contributed by atoms with van der Waals surface area (Å²) < 4.78 is 20.1. The van der Waals surface area contributed by atoms with Crippen LogP contribution in [0, 0.1) is 0 Å². The van der Waals surface area contributed by atoms with E-state index in [1.807, 2.05) is 0 Å². The predicted octanol–water partition coefficient (Wildman–Crippen LogP) is 2.83. The van der Waals surface area contributed by atoms with Crippen LogP contribution in [0.15, 0.2) is 30.3 Å². The molecule has 0 aliphatic carbocycles. The lowest BCUT2D eigenvalue weighted by molar-refractivity contribution is -0.171. The standard InChI is InChI=1S/C21H28O8/c1-14(18(23)26-13-9-12-17(22)29-21(3,4)5)27-19(24)15(2)28-20(25)16-10-7-6-8-11-16/h6-8,10-11,14-15H,9,12-13H2,1-5H3. The molecule has 2 unspecified atom stereocenters. The minimum Gasteiger partial charge on any atom is -0.463 e. The summed E-state index contributed by atoms with van der Waals surface area (Å²) in [4.78, 5) is 47.4. The SMILES string of the molecule is CC(OC(=O)c1ccccc1)C(=O)OC(C)C(=O)OCCCC(=O)OC(C)(C)C. The first kappa shape index (κ1) is 24.1. The molecule has 0 heterocycles. The smallest absolute Gasteiger partial charge is 0.348 e. The van der Waals surface area contributed by atoms with Gasteiger partial charge in [0.2, 0.25) is 0 Å². The third-order valence-electron chi connectivity index (χ3n) is 3.44. The first-order chi connectivity index (χ1) is 13.5. The number of carbonyl (C=O) groups excluding carboxylic acids is 4. The van der Waals surface area contributed by atoms with Gasteiger partial charge in [0.1, 0.15) is 5.60 Å². The zero-order valence-electron chi connectivity index (χ0n) is 17.4. The lowest BCUT2D eigenvalue weighted by atomic mass is 10.2. The van der Waals surface area contributed by atoms with Crippen LogP contribution in [-0.4, -0.2) is 48.3 Å². The van der Waals surface area contributed by atoms with Gasteiger partial charge < -0.3 is 18.9 Å². The molecule has 8 nitrogen and oxygen atoms in total. The van der Waals surface area contributed by atoms with Crippen molar-refractivity contribution in [3.8, 4) is 0 Å². The molecule has 0 bridgehead atoms. The number of carbonyl (C=O) groups is 4. The molecule has 1 rings (SSSR count). The van der Waals surface area contributed by atoms with Gasteiger partial charge in [0.15, 0.2) is 12.2 Å². The number of hydrogen-bond donors (Lipinski definition) is 0. The summed E-state index contributed by atoms with van der Waals surface area (Å²) in [6.07, 6.45) is -1.98. The van der Waals surface area contributed by atoms with Gasteiger partial charge in [-0.1, -0.05) is 18.2 Å². The van der Waals surface area contributed by atoms with Crippen LogP contribution in [0.3, 0.4) is 0 Å². The highest BCUT2D eigenvalue weighted by Gasteiger charge is 2.26. The van der Waals surface area contributed by atoms with Gasteiger partial charge in [0.05, 0.1) is 12.2 Å². The van der Waals surface area contributed by atoms with Crippen molar-refractivity contribution in [2.24, 2.45) is 0 Å². The van der Waals surface area contributed by atoms with Gasteiger partial charge in [-0.2, -0.15) is 0 Å². The Balaban J connectivity index is 2.33. The minimum absolute atomic E-state index is 0.0154. The Hall–Kier alpha value is -2.90. The van der Waals surface area contributed by atoms with E-state index < -0.39 is 35.7 Å². The second kappa shape index (κ2) is 11.2. The van der Waals surface area contributed by atoms with E-state index in [1.54, 1.807) is 51.1 Å². The number of benzene rings is 1. The fourth-order valence-electron chi connectivity index (χ4n) is 2.07. The van der Waals surface area contributed by atoms with E-state index in [9.17, 15) is 19.2 Å². The van der Waals surface area contributed by atoms with Crippen LogP contribution in [0.4, 0.5) is 0 Å². The normalized spacial score (nSPS) is 13.0. The van der Waals surface area contributed by atoms with Crippen molar-refractivity contribution < 1.29 is 38.1 Å². The molecule has 0 saturated carbocycles.